The van der Waals surface area contributed by atoms with E-state index in [1.165, 1.54) is 0 Å². The molecule has 0 saturated carbocycles. The smallest absolute Gasteiger partial charge is 0.234 e. The molecule has 4 N–H and O–H groups in total. The summed E-state index contributed by atoms with van der Waals surface area (Å²) >= 11 is 0. The number of methoxy groups -OCH3 is 2. The molecule has 5 nitrogen and oxygen atoms in total. The Kier molecular flexibility index (Phi) is 4.34. The number of carbonyl (C=O) groups excluding carboxylic acids is 1. The highest BCUT2D eigenvalue weighted by Gasteiger charge is 2.15. The molecule has 0 radical (unpaired) electrons. The predicted octanol–water partition coefficient (Wildman–Crippen LogP) is 0.367. The molecule has 1 atom stereocenters. The number of rotatable bonds is 5. The summed E-state index contributed by atoms with van der Waals surface area (Å²) in [6.07, 6.45) is 0.329. The van der Waals surface area contributed by atoms with Crippen LogP contribution in [0.4, 0.5) is 0 Å². The highest BCUT2D eigenvalue weighted by atomic mass is 16.5. The van der Waals surface area contributed by atoms with E-state index in [4.69, 9.17) is 20.9 Å². The van der Waals surface area contributed by atoms with Crippen LogP contribution in [0.3, 0.4) is 0 Å². The average Bonchev–Trinajstić information content (AvgIpc) is 2.30. The van der Waals surface area contributed by atoms with E-state index in [-0.39, 0.29) is 0 Å². The van der Waals surface area contributed by atoms with Gasteiger partial charge in [-0.3, -0.25) is 4.79 Å². The lowest BCUT2D eigenvalue weighted by molar-refractivity contribution is -0.119. The topological polar surface area (TPSA) is 87.6 Å². The van der Waals surface area contributed by atoms with Crippen molar-refractivity contribution in [2.75, 3.05) is 14.2 Å². The maximum Gasteiger partial charge on any atom is 0.234 e. The van der Waals surface area contributed by atoms with Gasteiger partial charge >= 0.3 is 0 Å². The van der Waals surface area contributed by atoms with Crippen molar-refractivity contribution in [2.24, 2.45) is 11.5 Å². The van der Waals surface area contributed by atoms with Gasteiger partial charge in [-0.05, 0) is 30.2 Å². The van der Waals surface area contributed by atoms with Crippen LogP contribution in [-0.2, 0) is 11.2 Å². The minimum absolute atomic E-state index is 0.329. The fourth-order valence-corrected chi connectivity index (χ4v) is 1.61. The second kappa shape index (κ2) is 5.54. The molecular formula is C12H18N2O3. The Labute approximate surface area is 101 Å². The fourth-order valence-electron chi connectivity index (χ4n) is 1.61. The molecular weight excluding hydrogens is 220 g/mol. The second-order valence-electron chi connectivity index (χ2n) is 3.85. The molecule has 0 aliphatic heterocycles. The molecule has 0 aliphatic carbocycles. The average molecular weight is 238 g/mol. The van der Waals surface area contributed by atoms with Gasteiger partial charge in [0, 0.05) is 6.42 Å². The minimum Gasteiger partial charge on any atom is -0.496 e. The van der Waals surface area contributed by atoms with Gasteiger partial charge in [-0.25, -0.2) is 0 Å². The van der Waals surface area contributed by atoms with E-state index in [0.29, 0.717) is 12.2 Å². The van der Waals surface area contributed by atoms with Crippen molar-refractivity contribution in [3.63, 3.8) is 0 Å². The molecule has 0 aliphatic rings. The molecule has 5 heteroatoms. The Morgan fingerprint density at radius 1 is 1.29 bits per heavy atom. The third kappa shape index (κ3) is 3.10. The zero-order chi connectivity index (χ0) is 13.0. The summed E-state index contributed by atoms with van der Waals surface area (Å²) in [4.78, 5) is 10.9. The number of carbonyl (C=O) groups is 1. The van der Waals surface area contributed by atoms with Gasteiger partial charge in [-0.1, -0.05) is 0 Å². The number of hydrogen-bond donors (Lipinski definition) is 2. The van der Waals surface area contributed by atoms with E-state index in [1.807, 2.05) is 19.1 Å². The Morgan fingerprint density at radius 2 is 1.88 bits per heavy atom. The lowest BCUT2D eigenvalue weighted by atomic mass is 10.0. The van der Waals surface area contributed by atoms with E-state index in [2.05, 4.69) is 0 Å². The van der Waals surface area contributed by atoms with Crippen LogP contribution in [0, 0.1) is 6.92 Å². The van der Waals surface area contributed by atoms with Gasteiger partial charge in [-0.2, -0.15) is 0 Å². The molecule has 1 amide bonds. The molecule has 1 aromatic carbocycles. The van der Waals surface area contributed by atoms with Crippen LogP contribution < -0.4 is 20.9 Å². The summed E-state index contributed by atoms with van der Waals surface area (Å²) in [7, 11) is 3.16. The van der Waals surface area contributed by atoms with Crippen molar-refractivity contribution in [2.45, 2.75) is 19.4 Å². The number of primary amides is 1. The predicted molar refractivity (Wildman–Crippen MR) is 65.2 cm³/mol. The standard InChI is InChI=1S/C12H18N2O3/c1-7-4-11(17-3)8(6-10(7)16-2)5-9(13)12(14)15/h4,6,9H,5,13H2,1-3H3,(H2,14,15). The molecule has 1 unspecified atom stereocenters. The van der Waals surface area contributed by atoms with Crippen LogP contribution in [0.2, 0.25) is 0 Å². The number of aryl methyl sites for hydroxylation is 1. The van der Waals surface area contributed by atoms with Crippen molar-refractivity contribution < 1.29 is 14.3 Å². The molecule has 94 valence electrons. The molecule has 0 aromatic heterocycles. The maximum atomic E-state index is 10.9. The van der Waals surface area contributed by atoms with Gasteiger partial charge in [0.15, 0.2) is 0 Å². The Morgan fingerprint density at radius 3 is 2.35 bits per heavy atom. The monoisotopic (exact) mass is 238 g/mol. The summed E-state index contributed by atoms with van der Waals surface area (Å²) in [5.41, 5.74) is 12.5. The van der Waals surface area contributed by atoms with Crippen LogP contribution in [0.15, 0.2) is 12.1 Å². The van der Waals surface area contributed by atoms with Crippen LogP contribution in [0.1, 0.15) is 11.1 Å². The van der Waals surface area contributed by atoms with Crippen molar-refractivity contribution in [1.29, 1.82) is 0 Å². The van der Waals surface area contributed by atoms with Crippen molar-refractivity contribution in [3.8, 4) is 11.5 Å². The number of nitrogens with two attached hydrogens (primary N) is 2. The number of ether oxygens (including phenoxy) is 2. The van der Waals surface area contributed by atoms with E-state index >= 15 is 0 Å². The van der Waals surface area contributed by atoms with Crippen LogP contribution in [-0.4, -0.2) is 26.2 Å². The molecule has 0 heterocycles. The highest BCUT2D eigenvalue weighted by molar-refractivity contribution is 5.80. The summed E-state index contributed by atoms with van der Waals surface area (Å²) in [5.74, 6) is 0.879. The normalized spacial score (nSPS) is 12.0. The summed E-state index contributed by atoms with van der Waals surface area (Å²) in [5, 5.41) is 0. The molecule has 0 saturated heterocycles. The van der Waals surface area contributed by atoms with Crippen molar-refractivity contribution >= 4 is 5.91 Å². The van der Waals surface area contributed by atoms with E-state index in [1.54, 1.807) is 14.2 Å². The van der Waals surface area contributed by atoms with Gasteiger partial charge < -0.3 is 20.9 Å². The molecule has 1 rings (SSSR count). The van der Waals surface area contributed by atoms with Crippen LogP contribution in [0.25, 0.3) is 0 Å². The largest absolute Gasteiger partial charge is 0.496 e. The van der Waals surface area contributed by atoms with E-state index in [9.17, 15) is 4.79 Å². The summed E-state index contributed by atoms with van der Waals surface area (Å²) in [6.45, 7) is 1.92. The molecule has 0 spiro atoms. The lowest BCUT2D eigenvalue weighted by Gasteiger charge is -2.14. The minimum atomic E-state index is -0.726. The highest BCUT2D eigenvalue weighted by Crippen LogP contribution is 2.28. The SMILES string of the molecule is COc1cc(CC(N)C(N)=O)c(OC)cc1C. The first-order valence-corrected chi connectivity index (χ1v) is 5.26. The first-order valence-electron chi connectivity index (χ1n) is 5.26. The van der Waals surface area contributed by atoms with Gasteiger partial charge in [0.1, 0.15) is 11.5 Å². The first kappa shape index (κ1) is 13.3. The van der Waals surface area contributed by atoms with Gasteiger partial charge in [0.2, 0.25) is 5.91 Å². The van der Waals surface area contributed by atoms with Gasteiger partial charge in [-0.15, -0.1) is 0 Å². The Hall–Kier alpha value is -1.75. The third-order valence-corrected chi connectivity index (χ3v) is 2.60. The summed E-state index contributed by atoms with van der Waals surface area (Å²) < 4.78 is 10.5. The Bertz CT molecular complexity index is 418. The number of amides is 1. The zero-order valence-corrected chi connectivity index (χ0v) is 10.3. The molecule has 1 aromatic rings. The number of benzene rings is 1. The molecule has 0 bridgehead atoms. The van der Waals surface area contributed by atoms with Crippen molar-refractivity contribution in [3.05, 3.63) is 23.3 Å². The van der Waals surface area contributed by atoms with E-state index < -0.39 is 11.9 Å². The van der Waals surface area contributed by atoms with Gasteiger partial charge in [0.25, 0.3) is 0 Å². The maximum absolute atomic E-state index is 10.9. The Balaban J connectivity index is 3.08. The molecule has 17 heavy (non-hydrogen) atoms. The van der Waals surface area contributed by atoms with Crippen molar-refractivity contribution in [1.82, 2.24) is 0 Å². The zero-order valence-electron chi connectivity index (χ0n) is 10.3. The first-order chi connectivity index (χ1) is 7.99. The molecule has 0 fully saturated rings. The number of hydrogen-bond acceptors (Lipinski definition) is 4. The summed E-state index contributed by atoms with van der Waals surface area (Å²) in [6, 6.07) is 2.94. The fraction of sp³-hybridized carbons (Fsp3) is 0.417. The second-order valence-corrected chi connectivity index (χ2v) is 3.85. The van der Waals surface area contributed by atoms with Gasteiger partial charge in [0.05, 0.1) is 20.3 Å². The van der Waals surface area contributed by atoms with Crippen LogP contribution in [0.5, 0.6) is 11.5 Å². The van der Waals surface area contributed by atoms with Crippen LogP contribution >= 0.6 is 0 Å². The third-order valence-electron chi connectivity index (χ3n) is 2.60. The quantitative estimate of drug-likeness (QED) is 0.775. The lowest BCUT2D eigenvalue weighted by Crippen LogP contribution is -2.38. The van der Waals surface area contributed by atoms with E-state index in [0.717, 1.165) is 16.9 Å².